The van der Waals surface area contributed by atoms with E-state index in [0.29, 0.717) is 19.4 Å². The van der Waals surface area contributed by atoms with E-state index >= 15 is 0 Å². The molecule has 7 nitrogen and oxygen atoms in total. The third-order valence-corrected chi connectivity index (χ3v) is 3.18. The van der Waals surface area contributed by atoms with Crippen LogP contribution in [0, 0.1) is 5.41 Å². The van der Waals surface area contributed by atoms with Crippen LogP contribution in [0.2, 0.25) is 0 Å². The molecular weight excluding hydrogens is 238 g/mol. The van der Waals surface area contributed by atoms with Crippen molar-refractivity contribution in [1.82, 2.24) is 15.5 Å². The lowest BCUT2D eigenvalue weighted by atomic mass is 9.82. The Bertz CT molecular complexity index is 358. The summed E-state index contributed by atoms with van der Waals surface area (Å²) in [5, 5.41) is 14.0. The standard InChI is InChI=1S/C11H19N3O4/c1-11(9(16)17)4-3-5-14(7-11)10(18)13-6-8(15)12-2/h3-7H2,1-2H3,(H,12,15)(H,13,18)(H,16,17). The van der Waals surface area contributed by atoms with Gasteiger partial charge in [-0.2, -0.15) is 0 Å². The molecule has 7 heteroatoms. The minimum atomic E-state index is -0.900. The van der Waals surface area contributed by atoms with Gasteiger partial charge in [-0.25, -0.2) is 4.79 Å². The SMILES string of the molecule is CNC(=O)CNC(=O)N1CCCC(C)(C(=O)O)C1. The van der Waals surface area contributed by atoms with Crippen LogP contribution in [0.5, 0.6) is 0 Å². The summed E-state index contributed by atoms with van der Waals surface area (Å²) < 4.78 is 0. The second kappa shape index (κ2) is 5.70. The number of likely N-dealkylation sites (tertiary alicyclic amines) is 1. The van der Waals surface area contributed by atoms with E-state index in [9.17, 15) is 14.4 Å². The maximum Gasteiger partial charge on any atom is 0.317 e. The minimum Gasteiger partial charge on any atom is -0.481 e. The summed E-state index contributed by atoms with van der Waals surface area (Å²) in [5.41, 5.74) is -0.900. The van der Waals surface area contributed by atoms with Gasteiger partial charge in [0.1, 0.15) is 0 Å². The summed E-state index contributed by atoms with van der Waals surface area (Å²) >= 11 is 0. The van der Waals surface area contributed by atoms with Crippen LogP contribution >= 0.6 is 0 Å². The zero-order valence-electron chi connectivity index (χ0n) is 10.7. The molecule has 1 atom stereocenters. The average Bonchev–Trinajstić information content (AvgIpc) is 2.35. The van der Waals surface area contributed by atoms with Crippen molar-refractivity contribution in [3.63, 3.8) is 0 Å². The lowest BCUT2D eigenvalue weighted by Gasteiger charge is -2.37. The average molecular weight is 257 g/mol. The van der Waals surface area contributed by atoms with Gasteiger partial charge < -0.3 is 20.6 Å². The molecular formula is C11H19N3O4. The maximum absolute atomic E-state index is 11.8. The fraction of sp³-hybridized carbons (Fsp3) is 0.727. The fourth-order valence-corrected chi connectivity index (χ4v) is 1.94. The van der Waals surface area contributed by atoms with Gasteiger partial charge in [-0.05, 0) is 19.8 Å². The molecule has 0 spiro atoms. The lowest BCUT2D eigenvalue weighted by Crippen LogP contribution is -2.52. The van der Waals surface area contributed by atoms with Crippen molar-refractivity contribution >= 4 is 17.9 Å². The summed E-state index contributed by atoms with van der Waals surface area (Å²) in [6.07, 6.45) is 1.21. The molecule has 1 rings (SSSR count). The van der Waals surface area contributed by atoms with E-state index in [1.165, 1.54) is 11.9 Å². The molecule has 1 aliphatic heterocycles. The molecule has 18 heavy (non-hydrogen) atoms. The van der Waals surface area contributed by atoms with Crippen LogP contribution in [0.4, 0.5) is 4.79 Å². The van der Waals surface area contributed by atoms with Gasteiger partial charge in [0.25, 0.3) is 0 Å². The number of aliphatic carboxylic acids is 1. The van der Waals surface area contributed by atoms with Gasteiger partial charge in [0.15, 0.2) is 0 Å². The van der Waals surface area contributed by atoms with Crippen LogP contribution in [0.1, 0.15) is 19.8 Å². The number of hydrogen-bond donors (Lipinski definition) is 3. The molecule has 1 fully saturated rings. The molecule has 0 saturated carbocycles. The summed E-state index contributed by atoms with van der Waals surface area (Å²) in [6, 6.07) is -0.397. The third-order valence-electron chi connectivity index (χ3n) is 3.18. The lowest BCUT2D eigenvalue weighted by molar-refractivity contribution is -0.150. The molecule has 1 aliphatic rings. The Morgan fingerprint density at radius 2 is 2.06 bits per heavy atom. The van der Waals surface area contributed by atoms with Crippen molar-refractivity contribution in [3.05, 3.63) is 0 Å². The van der Waals surface area contributed by atoms with Gasteiger partial charge in [0.05, 0.1) is 12.0 Å². The van der Waals surface area contributed by atoms with Crippen molar-refractivity contribution in [3.8, 4) is 0 Å². The number of rotatable bonds is 3. The largest absolute Gasteiger partial charge is 0.481 e. The summed E-state index contributed by atoms with van der Waals surface area (Å²) in [7, 11) is 1.48. The highest BCUT2D eigenvalue weighted by Gasteiger charge is 2.39. The van der Waals surface area contributed by atoms with Gasteiger partial charge in [-0.3, -0.25) is 9.59 Å². The topological polar surface area (TPSA) is 98.7 Å². The van der Waals surface area contributed by atoms with Crippen LogP contribution < -0.4 is 10.6 Å². The Labute approximate surface area is 106 Å². The molecule has 0 aliphatic carbocycles. The molecule has 3 N–H and O–H groups in total. The highest BCUT2D eigenvalue weighted by atomic mass is 16.4. The molecule has 1 saturated heterocycles. The zero-order valence-corrected chi connectivity index (χ0v) is 10.7. The first kappa shape index (κ1) is 14.3. The monoisotopic (exact) mass is 257 g/mol. The molecule has 1 unspecified atom stereocenters. The van der Waals surface area contributed by atoms with Crippen LogP contribution in [0.25, 0.3) is 0 Å². The van der Waals surface area contributed by atoms with Crippen molar-refractivity contribution in [1.29, 1.82) is 0 Å². The number of carboxylic acids is 1. The van der Waals surface area contributed by atoms with Gasteiger partial charge in [-0.15, -0.1) is 0 Å². The number of likely N-dealkylation sites (N-methyl/N-ethyl adjacent to an activating group) is 1. The van der Waals surface area contributed by atoms with Crippen molar-refractivity contribution in [2.24, 2.45) is 5.41 Å². The van der Waals surface area contributed by atoms with E-state index in [1.807, 2.05) is 0 Å². The highest BCUT2D eigenvalue weighted by molar-refractivity contribution is 5.84. The Balaban J connectivity index is 2.53. The second-order valence-electron chi connectivity index (χ2n) is 4.72. The van der Waals surface area contributed by atoms with Crippen molar-refractivity contribution in [2.75, 3.05) is 26.7 Å². The van der Waals surface area contributed by atoms with E-state index in [-0.39, 0.29) is 19.0 Å². The van der Waals surface area contributed by atoms with Gasteiger partial charge in [0, 0.05) is 20.1 Å². The quantitative estimate of drug-likeness (QED) is 0.642. The van der Waals surface area contributed by atoms with E-state index in [1.54, 1.807) is 6.92 Å². The van der Waals surface area contributed by atoms with Gasteiger partial charge >= 0.3 is 12.0 Å². The first-order chi connectivity index (χ1) is 8.39. The van der Waals surface area contributed by atoms with E-state index in [4.69, 9.17) is 5.11 Å². The number of hydrogen-bond acceptors (Lipinski definition) is 3. The van der Waals surface area contributed by atoms with E-state index in [0.717, 1.165) is 0 Å². The first-order valence-electron chi connectivity index (χ1n) is 5.86. The highest BCUT2D eigenvalue weighted by Crippen LogP contribution is 2.29. The predicted molar refractivity (Wildman–Crippen MR) is 64.0 cm³/mol. The third kappa shape index (κ3) is 3.35. The first-order valence-corrected chi connectivity index (χ1v) is 5.86. The molecule has 102 valence electrons. The molecule has 3 amide bonds. The van der Waals surface area contributed by atoms with Crippen LogP contribution in [0.3, 0.4) is 0 Å². The number of urea groups is 1. The number of carboxylic acid groups (broad SMARTS) is 1. The number of carbonyl (C=O) groups is 3. The molecule has 0 aromatic heterocycles. The molecule has 0 aromatic rings. The predicted octanol–water partition coefficient (Wildman–Crippen LogP) is -0.371. The molecule has 0 radical (unpaired) electrons. The minimum absolute atomic E-state index is 0.102. The number of amides is 3. The Morgan fingerprint density at radius 1 is 1.39 bits per heavy atom. The number of nitrogens with one attached hydrogen (secondary N) is 2. The maximum atomic E-state index is 11.8. The summed E-state index contributed by atoms with van der Waals surface area (Å²) in [6.45, 7) is 2.22. The van der Waals surface area contributed by atoms with Crippen LogP contribution in [-0.2, 0) is 9.59 Å². The van der Waals surface area contributed by atoms with Crippen LogP contribution in [-0.4, -0.2) is 54.6 Å². The van der Waals surface area contributed by atoms with Gasteiger partial charge in [0.2, 0.25) is 5.91 Å². The smallest absolute Gasteiger partial charge is 0.317 e. The Hall–Kier alpha value is -1.79. The molecule has 1 heterocycles. The van der Waals surface area contributed by atoms with Gasteiger partial charge in [-0.1, -0.05) is 0 Å². The fourth-order valence-electron chi connectivity index (χ4n) is 1.94. The van der Waals surface area contributed by atoms with Crippen LogP contribution in [0.15, 0.2) is 0 Å². The molecule has 0 aromatic carbocycles. The van der Waals surface area contributed by atoms with Crippen molar-refractivity contribution in [2.45, 2.75) is 19.8 Å². The Kier molecular flexibility index (Phi) is 4.52. The Morgan fingerprint density at radius 3 is 2.61 bits per heavy atom. The summed E-state index contributed by atoms with van der Waals surface area (Å²) in [4.78, 5) is 35.3. The van der Waals surface area contributed by atoms with Crippen molar-refractivity contribution < 1.29 is 19.5 Å². The normalized spacial score (nSPS) is 23.3. The molecule has 0 bridgehead atoms. The zero-order chi connectivity index (χ0) is 13.8. The van der Waals surface area contributed by atoms with E-state index < -0.39 is 17.4 Å². The number of carbonyl (C=O) groups excluding carboxylic acids is 2. The van der Waals surface area contributed by atoms with E-state index in [2.05, 4.69) is 10.6 Å². The second-order valence-corrected chi connectivity index (χ2v) is 4.72. The number of nitrogens with zero attached hydrogens (tertiary/aromatic N) is 1. The number of piperidine rings is 1. The summed E-state index contributed by atoms with van der Waals surface area (Å²) in [5.74, 6) is -1.19.